The van der Waals surface area contributed by atoms with Gasteiger partial charge in [-0.15, -0.1) is 0 Å². The Bertz CT molecular complexity index is 803. The minimum absolute atomic E-state index is 0.349. The topological polar surface area (TPSA) is 53.1 Å². The number of nitrogens with two attached hydrogens (primary N) is 1. The van der Waals surface area contributed by atoms with Crippen molar-refractivity contribution in [3.05, 3.63) is 53.9 Å². The van der Waals surface area contributed by atoms with Crippen LogP contribution in [-0.2, 0) is 6.42 Å². The molecule has 0 saturated heterocycles. The van der Waals surface area contributed by atoms with Crippen molar-refractivity contribution in [3.8, 4) is 5.75 Å². The van der Waals surface area contributed by atoms with Crippen molar-refractivity contribution in [1.82, 2.24) is 9.55 Å². The maximum Gasteiger partial charge on any atom is 0.121 e. The molecule has 120 valence electrons. The number of hydrogen-bond acceptors (Lipinski definition) is 3. The molecule has 0 saturated carbocycles. The Balaban J connectivity index is 2.03. The normalized spacial score (nSPS) is 11.3. The molecule has 0 unspecified atom stereocenters. The molecule has 0 amide bonds. The predicted molar refractivity (Wildman–Crippen MR) is 94.9 cm³/mol. The zero-order valence-electron chi connectivity index (χ0n) is 13.9. The van der Waals surface area contributed by atoms with E-state index < -0.39 is 0 Å². The summed E-state index contributed by atoms with van der Waals surface area (Å²) in [6.07, 6.45) is 0.789. The highest BCUT2D eigenvalue weighted by Gasteiger charge is 2.14. The second-order valence-corrected chi connectivity index (χ2v) is 5.99. The SMILES string of the molecule is CCOc1ccc2c(c1)nc(Cc1ccc(N)cc1)n2C(C)C. The molecule has 23 heavy (non-hydrogen) atoms. The zero-order valence-corrected chi connectivity index (χ0v) is 13.9. The monoisotopic (exact) mass is 309 g/mol. The van der Waals surface area contributed by atoms with Gasteiger partial charge in [-0.25, -0.2) is 4.98 Å². The molecule has 0 aliphatic rings. The van der Waals surface area contributed by atoms with Gasteiger partial charge in [-0.05, 0) is 50.6 Å². The third-order valence-electron chi connectivity index (χ3n) is 3.90. The van der Waals surface area contributed by atoms with E-state index in [9.17, 15) is 0 Å². The molecule has 2 aromatic carbocycles. The summed E-state index contributed by atoms with van der Waals surface area (Å²) in [7, 11) is 0. The average Bonchev–Trinajstić information content (AvgIpc) is 2.87. The number of nitrogen functional groups attached to an aromatic ring is 1. The first-order valence-electron chi connectivity index (χ1n) is 8.06. The maximum atomic E-state index is 5.77. The van der Waals surface area contributed by atoms with E-state index in [0.29, 0.717) is 12.6 Å². The van der Waals surface area contributed by atoms with Gasteiger partial charge in [0, 0.05) is 24.2 Å². The van der Waals surface area contributed by atoms with Crippen LogP contribution in [0.5, 0.6) is 5.75 Å². The Morgan fingerprint density at radius 2 is 1.87 bits per heavy atom. The fraction of sp³-hybridized carbons (Fsp3) is 0.316. The molecule has 0 bridgehead atoms. The fourth-order valence-corrected chi connectivity index (χ4v) is 2.90. The second kappa shape index (κ2) is 6.32. The number of imidazole rings is 1. The summed E-state index contributed by atoms with van der Waals surface area (Å²) in [5.41, 5.74) is 9.89. The lowest BCUT2D eigenvalue weighted by Crippen LogP contribution is -2.07. The highest BCUT2D eigenvalue weighted by Crippen LogP contribution is 2.26. The zero-order chi connectivity index (χ0) is 16.4. The first-order chi connectivity index (χ1) is 11.1. The molecular weight excluding hydrogens is 286 g/mol. The molecule has 3 rings (SSSR count). The number of fused-ring (bicyclic) bond motifs is 1. The molecule has 3 aromatic rings. The van der Waals surface area contributed by atoms with E-state index in [4.69, 9.17) is 15.5 Å². The molecule has 4 nitrogen and oxygen atoms in total. The average molecular weight is 309 g/mol. The molecule has 1 heterocycles. The molecule has 0 fully saturated rings. The molecular formula is C19H23N3O. The minimum atomic E-state index is 0.349. The van der Waals surface area contributed by atoms with Gasteiger partial charge in [0.15, 0.2) is 0 Å². The Labute approximate surface area is 136 Å². The second-order valence-electron chi connectivity index (χ2n) is 5.99. The van der Waals surface area contributed by atoms with Crippen molar-refractivity contribution >= 4 is 16.7 Å². The van der Waals surface area contributed by atoms with Gasteiger partial charge in [-0.3, -0.25) is 0 Å². The van der Waals surface area contributed by atoms with Crippen LogP contribution in [0, 0.1) is 0 Å². The van der Waals surface area contributed by atoms with Crippen LogP contribution in [0.3, 0.4) is 0 Å². The molecule has 0 aliphatic carbocycles. The Morgan fingerprint density at radius 1 is 1.13 bits per heavy atom. The summed E-state index contributed by atoms with van der Waals surface area (Å²) in [5.74, 6) is 1.93. The van der Waals surface area contributed by atoms with Gasteiger partial charge < -0.3 is 15.0 Å². The van der Waals surface area contributed by atoms with E-state index in [1.165, 1.54) is 5.56 Å². The van der Waals surface area contributed by atoms with E-state index in [-0.39, 0.29) is 0 Å². The Kier molecular flexibility index (Phi) is 4.24. The number of ether oxygens (including phenoxy) is 1. The number of rotatable bonds is 5. The molecule has 1 aromatic heterocycles. The summed E-state index contributed by atoms with van der Waals surface area (Å²) < 4.78 is 7.88. The molecule has 2 N–H and O–H groups in total. The Hall–Kier alpha value is -2.49. The summed E-state index contributed by atoms with van der Waals surface area (Å²) in [5, 5.41) is 0. The van der Waals surface area contributed by atoms with Gasteiger partial charge in [0.1, 0.15) is 11.6 Å². The number of anilines is 1. The van der Waals surface area contributed by atoms with Gasteiger partial charge in [0.05, 0.1) is 17.6 Å². The molecule has 4 heteroatoms. The van der Waals surface area contributed by atoms with Crippen LogP contribution >= 0.6 is 0 Å². The van der Waals surface area contributed by atoms with Gasteiger partial charge in [0.25, 0.3) is 0 Å². The lowest BCUT2D eigenvalue weighted by atomic mass is 10.1. The van der Waals surface area contributed by atoms with Gasteiger partial charge in [0.2, 0.25) is 0 Å². The molecule has 0 aliphatic heterocycles. The van der Waals surface area contributed by atoms with Crippen molar-refractivity contribution in [3.63, 3.8) is 0 Å². The van der Waals surface area contributed by atoms with Crippen LogP contribution in [0.25, 0.3) is 11.0 Å². The van der Waals surface area contributed by atoms with Crippen molar-refractivity contribution < 1.29 is 4.74 Å². The number of benzene rings is 2. The van der Waals surface area contributed by atoms with Gasteiger partial charge >= 0.3 is 0 Å². The maximum absolute atomic E-state index is 5.77. The van der Waals surface area contributed by atoms with Crippen LogP contribution in [-0.4, -0.2) is 16.2 Å². The van der Waals surface area contributed by atoms with E-state index in [0.717, 1.165) is 34.7 Å². The van der Waals surface area contributed by atoms with E-state index in [1.54, 1.807) is 0 Å². The Morgan fingerprint density at radius 3 is 2.52 bits per heavy atom. The van der Waals surface area contributed by atoms with Gasteiger partial charge in [-0.1, -0.05) is 12.1 Å². The third-order valence-corrected chi connectivity index (χ3v) is 3.90. The van der Waals surface area contributed by atoms with Crippen molar-refractivity contribution in [2.45, 2.75) is 33.2 Å². The molecule has 0 atom stereocenters. The van der Waals surface area contributed by atoms with Crippen molar-refractivity contribution in [2.24, 2.45) is 0 Å². The number of aromatic nitrogens is 2. The minimum Gasteiger partial charge on any atom is -0.494 e. The van der Waals surface area contributed by atoms with Crippen LogP contribution in [0.4, 0.5) is 5.69 Å². The van der Waals surface area contributed by atoms with E-state index in [2.05, 4.69) is 36.6 Å². The molecule has 0 spiro atoms. The summed E-state index contributed by atoms with van der Waals surface area (Å²) in [6.45, 7) is 7.02. The lowest BCUT2D eigenvalue weighted by molar-refractivity contribution is 0.340. The van der Waals surface area contributed by atoms with Crippen molar-refractivity contribution in [1.29, 1.82) is 0 Å². The van der Waals surface area contributed by atoms with Crippen LogP contribution < -0.4 is 10.5 Å². The lowest BCUT2D eigenvalue weighted by Gasteiger charge is -2.13. The predicted octanol–water partition coefficient (Wildman–Crippen LogP) is 4.19. The summed E-state index contributed by atoms with van der Waals surface area (Å²) >= 11 is 0. The van der Waals surface area contributed by atoms with Crippen LogP contribution in [0.2, 0.25) is 0 Å². The third kappa shape index (κ3) is 3.16. The standard InChI is InChI=1S/C19H23N3O/c1-4-23-16-9-10-18-17(12-16)21-19(22(18)13(2)3)11-14-5-7-15(20)8-6-14/h5-10,12-13H,4,11,20H2,1-3H3. The fourth-order valence-electron chi connectivity index (χ4n) is 2.90. The van der Waals surface area contributed by atoms with Gasteiger partial charge in [-0.2, -0.15) is 0 Å². The molecule has 0 radical (unpaired) electrons. The first-order valence-corrected chi connectivity index (χ1v) is 8.06. The highest BCUT2D eigenvalue weighted by atomic mass is 16.5. The summed E-state index contributed by atoms with van der Waals surface area (Å²) in [4.78, 5) is 4.85. The summed E-state index contributed by atoms with van der Waals surface area (Å²) in [6, 6.07) is 14.5. The quantitative estimate of drug-likeness (QED) is 0.719. The highest BCUT2D eigenvalue weighted by molar-refractivity contribution is 5.78. The van der Waals surface area contributed by atoms with Crippen LogP contribution in [0.1, 0.15) is 38.2 Å². The first kappa shape index (κ1) is 15.4. The van der Waals surface area contributed by atoms with E-state index >= 15 is 0 Å². The number of hydrogen-bond donors (Lipinski definition) is 1. The largest absolute Gasteiger partial charge is 0.494 e. The smallest absolute Gasteiger partial charge is 0.121 e. The van der Waals surface area contributed by atoms with E-state index in [1.807, 2.05) is 31.2 Å². The van der Waals surface area contributed by atoms with Crippen LogP contribution in [0.15, 0.2) is 42.5 Å². The van der Waals surface area contributed by atoms with Crippen molar-refractivity contribution in [2.75, 3.05) is 12.3 Å². The number of nitrogens with zero attached hydrogens (tertiary/aromatic N) is 2.